The highest BCUT2D eigenvalue weighted by molar-refractivity contribution is 5.87. The number of nitrogens with one attached hydrogen (secondary N) is 1. The minimum Gasteiger partial charge on any atom is -0.480 e. The molecule has 5 nitrogen and oxygen atoms in total. The summed E-state index contributed by atoms with van der Waals surface area (Å²) >= 11 is 0. The van der Waals surface area contributed by atoms with Crippen LogP contribution < -0.4 is 11.1 Å². The Kier molecular flexibility index (Phi) is 4.96. The van der Waals surface area contributed by atoms with E-state index in [4.69, 9.17) is 5.73 Å². The molecule has 1 amide bonds. The highest BCUT2D eigenvalue weighted by atomic mass is 16.4. The fourth-order valence-electron chi connectivity index (χ4n) is 2.70. The van der Waals surface area contributed by atoms with E-state index in [9.17, 15) is 14.7 Å². The maximum absolute atomic E-state index is 11.9. The smallest absolute Gasteiger partial charge is 0.329 e. The van der Waals surface area contributed by atoms with Crippen molar-refractivity contribution in [1.82, 2.24) is 5.32 Å². The first-order chi connectivity index (χ1) is 8.68. The van der Waals surface area contributed by atoms with E-state index < -0.39 is 17.0 Å². The maximum Gasteiger partial charge on any atom is 0.329 e. The van der Waals surface area contributed by atoms with Gasteiger partial charge in [-0.15, -0.1) is 0 Å². The van der Waals surface area contributed by atoms with Crippen LogP contribution in [-0.4, -0.2) is 28.1 Å². The molecule has 110 valence electrons. The Hall–Kier alpha value is -1.10. The van der Waals surface area contributed by atoms with Gasteiger partial charge >= 0.3 is 5.97 Å². The molecule has 0 spiro atoms. The Morgan fingerprint density at radius 2 is 1.89 bits per heavy atom. The van der Waals surface area contributed by atoms with Gasteiger partial charge in [0.2, 0.25) is 5.91 Å². The molecule has 4 N–H and O–H groups in total. The number of carboxylic acid groups (broad SMARTS) is 1. The molecule has 0 saturated heterocycles. The second-order valence-electron chi connectivity index (χ2n) is 6.45. The topological polar surface area (TPSA) is 92.4 Å². The largest absolute Gasteiger partial charge is 0.480 e. The quantitative estimate of drug-likeness (QED) is 0.708. The summed E-state index contributed by atoms with van der Waals surface area (Å²) in [5, 5.41) is 12.2. The lowest BCUT2D eigenvalue weighted by molar-refractivity contribution is -0.150. The van der Waals surface area contributed by atoms with E-state index >= 15 is 0 Å². The number of carbonyl (C=O) groups is 2. The van der Waals surface area contributed by atoms with Crippen LogP contribution in [0.3, 0.4) is 0 Å². The summed E-state index contributed by atoms with van der Waals surface area (Å²) in [5.74, 6) is -0.620. The van der Waals surface area contributed by atoms with Gasteiger partial charge < -0.3 is 16.2 Å². The van der Waals surface area contributed by atoms with Crippen molar-refractivity contribution in [1.29, 1.82) is 0 Å². The molecule has 1 fully saturated rings. The van der Waals surface area contributed by atoms with Gasteiger partial charge in [0.1, 0.15) is 5.54 Å². The average molecular weight is 270 g/mol. The number of hydrogen-bond donors (Lipinski definition) is 3. The summed E-state index contributed by atoms with van der Waals surface area (Å²) in [6.07, 6.45) is 3.94. The lowest BCUT2D eigenvalue weighted by Gasteiger charge is -2.37. The van der Waals surface area contributed by atoms with Gasteiger partial charge in [-0.3, -0.25) is 4.79 Å². The molecule has 0 aliphatic heterocycles. The Morgan fingerprint density at radius 3 is 2.26 bits per heavy atom. The third-order valence-electron chi connectivity index (χ3n) is 3.94. The molecule has 0 heterocycles. The molecule has 0 unspecified atom stereocenters. The van der Waals surface area contributed by atoms with Crippen molar-refractivity contribution < 1.29 is 14.7 Å². The van der Waals surface area contributed by atoms with Crippen molar-refractivity contribution >= 4 is 11.9 Å². The van der Waals surface area contributed by atoms with Crippen LogP contribution >= 0.6 is 0 Å². The zero-order valence-electron chi connectivity index (χ0n) is 12.2. The van der Waals surface area contributed by atoms with Gasteiger partial charge in [0.15, 0.2) is 0 Å². The molecule has 1 rings (SSSR count). The summed E-state index contributed by atoms with van der Waals surface area (Å²) in [5.41, 5.74) is 4.09. The fraction of sp³-hybridized carbons (Fsp3) is 0.857. The Labute approximate surface area is 114 Å². The van der Waals surface area contributed by atoms with Crippen LogP contribution in [0.5, 0.6) is 0 Å². The van der Waals surface area contributed by atoms with Crippen LogP contribution in [0.15, 0.2) is 0 Å². The number of nitrogens with two attached hydrogens (primary N) is 1. The fourth-order valence-corrected chi connectivity index (χ4v) is 2.70. The van der Waals surface area contributed by atoms with Crippen molar-refractivity contribution in [3.8, 4) is 0 Å². The van der Waals surface area contributed by atoms with Crippen molar-refractivity contribution in [2.75, 3.05) is 0 Å². The van der Waals surface area contributed by atoms with Gasteiger partial charge in [-0.05, 0) is 45.4 Å². The summed E-state index contributed by atoms with van der Waals surface area (Å²) in [6.45, 7) is 5.63. The highest BCUT2D eigenvalue weighted by Gasteiger charge is 2.43. The van der Waals surface area contributed by atoms with Gasteiger partial charge in [0.05, 0.1) is 0 Å². The number of hydrogen-bond acceptors (Lipinski definition) is 3. The number of carboxylic acids is 1. The van der Waals surface area contributed by atoms with E-state index in [1.807, 2.05) is 0 Å². The first-order valence-electron chi connectivity index (χ1n) is 7.02. The molecule has 0 aromatic carbocycles. The molecule has 0 bridgehead atoms. The molecule has 19 heavy (non-hydrogen) atoms. The average Bonchev–Trinajstić information content (AvgIpc) is 2.27. The van der Waals surface area contributed by atoms with E-state index in [0.717, 1.165) is 19.3 Å². The van der Waals surface area contributed by atoms with Gasteiger partial charge in [-0.2, -0.15) is 0 Å². The molecule has 1 aliphatic rings. The van der Waals surface area contributed by atoms with Crippen LogP contribution in [0.2, 0.25) is 0 Å². The Morgan fingerprint density at radius 1 is 1.37 bits per heavy atom. The second kappa shape index (κ2) is 5.90. The predicted octanol–water partition coefficient (Wildman–Crippen LogP) is 1.65. The first-order valence-corrected chi connectivity index (χ1v) is 7.02. The number of amides is 1. The van der Waals surface area contributed by atoms with E-state index in [-0.39, 0.29) is 12.3 Å². The highest BCUT2D eigenvalue weighted by Crippen LogP contribution is 2.34. The Bertz CT molecular complexity index is 339. The summed E-state index contributed by atoms with van der Waals surface area (Å²) in [4.78, 5) is 23.5. The summed E-state index contributed by atoms with van der Waals surface area (Å²) in [6, 6.07) is 0. The predicted molar refractivity (Wildman–Crippen MR) is 73.6 cm³/mol. The van der Waals surface area contributed by atoms with Crippen molar-refractivity contribution in [3.05, 3.63) is 0 Å². The molecule has 1 aliphatic carbocycles. The molecule has 0 radical (unpaired) electrons. The maximum atomic E-state index is 11.9. The van der Waals surface area contributed by atoms with Gasteiger partial charge in [0, 0.05) is 12.0 Å². The standard InChI is InChI=1S/C14H26N2O3/c1-4-10-5-7-14(8-6-10,12(18)19)16-11(17)9-13(2,3)15/h10H,4-9,15H2,1-3H3,(H,16,17)(H,18,19). The molecular formula is C14H26N2O3. The molecule has 0 atom stereocenters. The first kappa shape index (κ1) is 16.0. The van der Waals surface area contributed by atoms with Crippen molar-refractivity contribution in [2.45, 2.75) is 70.4 Å². The summed E-state index contributed by atoms with van der Waals surface area (Å²) in [7, 11) is 0. The number of aliphatic carboxylic acids is 1. The van der Waals surface area contributed by atoms with E-state index in [0.29, 0.717) is 18.8 Å². The monoisotopic (exact) mass is 270 g/mol. The van der Waals surface area contributed by atoms with Crippen LogP contribution in [-0.2, 0) is 9.59 Å². The van der Waals surface area contributed by atoms with E-state index in [1.165, 1.54) is 0 Å². The zero-order valence-corrected chi connectivity index (χ0v) is 12.2. The SMILES string of the molecule is CCC1CCC(NC(=O)CC(C)(C)N)(C(=O)O)CC1. The minimum absolute atomic E-state index is 0.138. The van der Waals surface area contributed by atoms with Gasteiger partial charge in [0.25, 0.3) is 0 Å². The third kappa shape index (κ3) is 4.49. The number of carbonyl (C=O) groups excluding carboxylic acids is 1. The van der Waals surface area contributed by atoms with Crippen LogP contribution in [0.4, 0.5) is 0 Å². The van der Waals surface area contributed by atoms with Crippen molar-refractivity contribution in [2.24, 2.45) is 11.7 Å². The van der Waals surface area contributed by atoms with Crippen molar-refractivity contribution in [3.63, 3.8) is 0 Å². The van der Waals surface area contributed by atoms with Crippen LogP contribution in [0.1, 0.15) is 59.3 Å². The minimum atomic E-state index is -1.09. The zero-order chi connectivity index (χ0) is 14.7. The molecule has 5 heteroatoms. The normalized spacial score (nSPS) is 27.9. The van der Waals surface area contributed by atoms with Gasteiger partial charge in [-0.25, -0.2) is 4.79 Å². The van der Waals surface area contributed by atoms with E-state index in [1.54, 1.807) is 13.8 Å². The third-order valence-corrected chi connectivity index (χ3v) is 3.94. The van der Waals surface area contributed by atoms with E-state index in [2.05, 4.69) is 12.2 Å². The molecule has 1 saturated carbocycles. The summed E-state index contributed by atoms with van der Waals surface area (Å²) < 4.78 is 0. The van der Waals surface area contributed by atoms with Crippen LogP contribution in [0.25, 0.3) is 0 Å². The Balaban J connectivity index is 2.69. The number of rotatable bonds is 5. The lowest BCUT2D eigenvalue weighted by atomic mass is 9.75. The molecule has 0 aromatic heterocycles. The van der Waals surface area contributed by atoms with Crippen LogP contribution in [0, 0.1) is 5.92 Å². The lowest BCUT2D eigenvalue weighted by Crippen LogP contribution is -2.57. The molecule has 0 aromatic rings. The van der Waals surface area contributed by atoms with Gasteiger partial charge in [-0.1, -0.05) is 13.3 Å². The molecular weight excluding hydrogens is 244 g/mol. The second-order valence-corrected chi connectivity index (χ2v) is 6.45.